The molecule has 1 amide bonds. The Kier molecular flexibility index (Phi) is 4.74. The van der Waals surface area contributed by atoms with Crippen molar-refractivity contribution in [3.8, 4) is 0 Å². The van der Waals surface area contributed by atoms with E-state index in [1.807, 2.05) is 30.3 Å². The van der Waals surface area contributed by atoms with Gasteiger partial charge in [-0.15, -0.1) is 0 Å². The predicted octanol–water partition coefficient (Wildman–Crippen LogP) is 3.46. The van der Waals surface area contributed by atoms with Crippen molar-refractivity contribution in [3.63, 3.8) is 0 Å². The Hall–Kier alpha value is -2.04. The van der Waals surface area contributed by atoms with Crippen molar-refractivity contribution in [2.75, 3.05) is 6.54 Å². The zero-order valence-electron chi connectivity index (χ0n) is 13.3. The van der Waals surface area contributed by atoms with Crippen molar-refractivity contribution in [2.45, 2.75) is 45.3 Å². The van der Waals surface area contributed by atoms with Gasteiger partial charge in [0.15, 0.2) is 0 Å². The van der Waals surface area contributed by atoms with Gasteiger partial charge in [0.25, 0.3) is 0 Å². The molecule has 1 aliphatic rings. The highest BCUT2D eigenvalue weighted by molar-refractivity contribution is 5.73. The summed E-state index contributed by atoms with van der Waals surface area (Å²) in [6, 6.07) is 9.56. The molecule has 1 aliphatic heterocycles. The summed E-state index contributed by atoms with van der Waals surface area (Å²) in [5, 5.41) is 9.25. The van der Waals surface area contributed by atoms with Crippen LogP contribution in [0.25, 0.3) is 0 Å². The minimum atomic E-state index is -0.861. The molecule has 0 bridgehead atoms. The second kappa shape index (κ2) is 6.38. The first-order chi connectivity index (χ1) is 10.3. The molecule has 5 heteroatoms. The zero-order chi connectivity index (χ0) is 16.3. The Labute approximate surface area is 130 Å². The zero-order valence-corrected chi connectivity index (χ0v) is 13.3. The van der Waals surface area contributed by atoms with Gasteiger partial charge in [-0.2, -0.15) is 0 Å². The third kappa shape index (κ3) is 4.00. The van der Waals surface area contributed by atoms with E-state index in [9.17, 15) is 14.7 Å². The largest absolute Gasteiger partial charge is 0.481 e. The summed E-state index contributed by atoms with van der Waals surface area (Å²) in [5.74, 6) is -1.40. The third-order valence-corrected chi connectivity index (χ3v) is 3.74. The van der Waals surface area contributed by atoms with E-state index in [-0.39, 0.29) is 12.6 Å². The second-order valence-electron chi connectivity index (χ2n) is 6.67. The van der Waals surface area contributed by atoms with Gasteiger partial charge in [-0.25, -0.2) is 4.79 Å². The van der Waals surface area contributed by atoms with Crippen LogP contribution in [0.5, 0.6) is 0 Å². The number of carbonyl (C=O) groups is 2. The summed E-state index contributed by atoms with van der Waals surface area (Å²) >= 11 is 0. The highest BCUT2D eigenvalue weighted by Gasteiger charge is 2.37. The van der Waals surface area contributed by atoms with Crippen LogP contribution in [-0.4, -0.2) is 34.2 Å². The Balaban J connectivity index is 2.24. The molecule has 1 fully saturated rings. The molecular formula is C17H23NO4. The van der Waals surface area contributed by atoms with Crippen molar-refractivity contribution in [1.82, 2.24) is 4.90 Å². The number of carboxylic acids is 1. The summed E-state index contributed by atoms with van der Waals surface area (Å²) in [6.07, 6.45) is 0.737. The first kappa shape index (κ1) is 16.3. The van der Waals surface area contributed by atoms with Crippen molar-refractivity contribution < 1.29 is 19.4 Å². The number of likely N-dealkylation sites (tertiary alicyclic amines) is 1. The molecule has 1 heterocycles. The van der Waals surface area contributed by atoms with E-state index in [1.54, 1.807) is 25.7 Å². The molecule has 0 radical (unpaired) electrons. The maximum atomic E-state index is 12.5. The lowest BCUT2D eigenvalue weighted by Gasteiger charge is -2.39. The fourth-order valence-corrected chi connectivity index (χ4v) is 2.72. The van der Waals surface area contributed by atoms with Crippen LogP contribution in [0.15, 0.2) is 30.3 Å². The number of benzene rings is 1. The molecule has 0 aromatic heterocycles. The van der Waals surface area contributed by atoms with E-state index in [1.165, 1.54) is 0 Å². The van der Waals surface area contributed by atoms with Gasteiger partial charge in [0.1, 0.15) is 5.60 Å². The van der Waals surface area contributed by atoms with Crippen LogP contribution < -0.4 is 0 Å². The highest BCUT2D eigenvalue weighted by Crippen LogP contribution is 2.34. The molecule has 1 N–H and O–H groups in total. The number of hydrogen-bond acceptors (Lipinski definition) is 3. The maximum Gasteiger partial charge on any atom is 0.410 e. The minimum Gasteiger partial charge on any atom is -0.481 e. The van der Waals surface area contributed by atoms with Gasteiger partial charge in [-0.05, 0) is 39.2 Å². The molecule has 2 atom stereocenters. The summed E-state index contributed by atoms with van der Waals surface area (Å²) in [4.78, 5) is 25.3. The van der Waals surface area contributed by atoms with Crippen LogP contribution in [0.1, 0.15) is 45.2 Å². The molecule has 2 rings (SSSR count). The van der Waals surface area contributed by atoms with Crippen LogP contribution >= 0.6 is 0 Å². The lowest BCUT2D eigenvalue weighted by molar-refractivity contribution is -0.144. The van der Waals surface area contributed by atoms with Gasteiger partial charge >= 0.3 is 12.1 Å². The molecule has 5 nitrogen and oxygen atoms in total. The average molecular weight is 305 g/mol. The van der Waals surface area contributed by atoms with E-state index in [2.05, 4.69) is 0 Å². The quantitative estimate of drug-likeness (QED) is 0.908. The summed E-state index contributed by atoms with van der Waals surface area (Å²) in [6.45, 7) is 5.60. The maximum absolute atomic E-state index is 12.5. The summed E-state index contributed by atoms with van der Waals surface area (Å²) in [5.41, 5.74) is 0.409. The first-order valence-corrected chi connectivity index (χ1v) is 7.55. The number of ether oxygens (including phenoxy) is 1. The van der Waals surface area contributed by atoms with Crippen LogP contribution in [0.3, 0.4) is 0 Å². The lowest BCUT2D eigenvalue weighted by atomic mass is 9.89. The van der Waals surface area contributed by atoms with Gasteiger partial charge in [0, 0.05) is 6.54 Å². The summed E-state index contributed by atoms with van der Waals surface area (Å²) in [7, 11) is 0. The van der Waals surface area contributed by atoms with Crippen molar-refractivity contribution in [3.05, 3.63) is 35.9 Å². The normalized spacial score (nSPS) is 22.2. The molecule has 0 unspecified atom stereocenters. The number of carbonyl (C=O) groups excluding carboxylic acids is 1. The second-order valence-corrected chi connectivity index (χ2v) is 6.67. The third-order valence-electron chi connectivity index (χ3n) is 3.74. The molecule has 0 spiro atoms. The van der Waals surface area contributed by atoms with E-state index >= 15 is 0 Å². The standard InChI is InChI=1S/C17H23NO4/c1-17(2,3)22-16(21)18-11-13(15(19)20)9-10-14(18)12-7-5-4-6-8-12/h4-8,13-14H,9-11H2,1-3H3,(H,19,20)/t13-,14+/m1/s1. The lowest BCUT2D eigenvalue weighted by Crippen LogP contribution is -2.46. The Bertz CT molecular complexity index is 535. The number of amides is 1. The fourth-order valence-electron chi connectivity index (χ4n) is 2.72. The topological polar surface area (TPSA) is 66.8 Å². The number of hydrogen-bond donors (Lipinski definition) is 1. The van der Waals surface area contributed by atoms with E-state index in [0.717, 1.165) is 5.56 Å². The van der Waals surface area contributed by atoms with Crippen molar-refractivity contribution >= 4 is 12.1 Å². The fraction of sp³-hybridized carbons (Fsp3) is 0.529. The SMILES string of the molecule is CC(C)(C)OC(=O)N1C[C@H](C(=O)O)CC[C@H]1c1ccccc1. The molecule has 1 saturated heterocycles. The summed E-state index contributed by atoms with van der Waals surface area (Å²) < 4.78 is 5.45. The van der Waals surface area contributed by atoms with E-state index < -0.39 is 23.6 Å². The molecule has 22 heavy (non-hydrogen) atoms. The van der Waals surface area contributed by atoms with Crippen molar-refractivity contribution in [1.29, 1.82) is 0 Å². The Morgan fingerprint density at radius 2 is 1.82 bits per heavy atom. The van der Waals surface area contributed by atoms with Crippen molar-refractivity contribution in [2.24, 2.45) is 5.92 Å². The smallest absolute Gasteiger partial charge is 0.410 e. The Morgan fingerprint density at radius 1 is 1.18 bits per heavy atom. The van der Waals surface area contributed by atoms with Crippen LogP contribution in [0.4, 0.5) is 4.79 Å². The molecule has 0 aliphatic carbocycles. The number of carboxylic acid groups (broad SMARTS) is 1. The molecule has 1 aromatic carbocycles. The number of piperidine rings is 1. The molecule has 0 saturated carbocycles. The average Bonchev–Trinajstić information content (AvgIpc) is 2.45. The van der Waals surface area contributed by atoms with Crippen LogP contribution in [0, 0.1) is 5.92 Å². The molecule has 120 valence electrons. The van der Waals surface area contributed by atoms with Gasteiger partial charge in [-0.1, -0.05) is 30.3 Å². The molecular weight excluding hydrogens is 282 g/mol. The van der Waals surface area contributed by atoms with Gasteiger partial charge < -0.3 is 14.7 Å². The number of nitrogens with zero attached hydrogens (tertiary/aromatic N) is 1. The predicted molar refractivity (Wildman–Crippen MR) is 82.5 cm³/mol. The first-order valence-electron chi connectivity index (χ1n) is 7.55. The van der Waals surface area contributed by atoms with Gasteiger partial charge in [0.05, 0.1) is 12.0 Å². The minimum absolute atomic E-state index is 0.133. The highest BCUT2D eigenvalue weighted by atomic mass is 16.6. The molecule has 1 aromatic rings. The van der Waals surface area contributed by atoms with Gasteiger partial charge in [0.2, 0.25) is 0 Å². The van der Waals surface area contributed by atoms with Gasteiger partial charge in [-0.3, -0.25) is 4.79 Å². The number of rotatable bonds is 2. The number of aliphatic carboxylic acids is 1. The van der Waals surface area contributed by atoms with Crippen LogP contribution in [0.2, 0.25) is 0 Å². The van der Waals surface area contributed by atoms with Crippen LogP contribution in [-0.2, 0) is 9.53 Å². The van der Waals surface area contributed by atoms with E-state index in [4.69, 9.17) is 4.74 Å². The van der Waals surface area contributed by atoms with E-state index in [0.29, 0.717) is 12.8 Å². The monoisotopic (exact) mass is 305 g/mol. The Morgan fingerprint density at radius 3 is 2.36 bits per heavy atom.